The van der Waals surface area contributed by atoms with Crippen LogP contribution >= 0.6 is 34.8 Å². The van der Waals surface area contributed by atoms with Gasteiger partial charge in [-0.2, -0.15) is 0 Å². The number of anilines is 1. The van der Waals surface area contributed by atoms with Gasteiger partial charge < -0.3 is 4.90 Å². The second-order valence-electron chi connectivity index (χ2n) is 5.71. The first kappa shape index (κ1) is 14.7. The van der Waals surface area contributed by atoms with Crippen molar-refractivity contribution >= 4 is 40.6 Å². The lowest BCUT2D eigenvalue weighted by molar-refractivity contribution is 0.115. The van der Waals surface area contributed by atoms with E-state index in [1.165, 1.54) is 25.8 Å². The van der Waals surface area contributed by atoms with E-state index in [0.717, 1.165) is 18.9 Å². The maximum Gasteiger partial charge on any atom is 0.150 e. The van der Waals surface area contributed by atoms with E-state index in [1.807, 2.05) is 0 Å². The van der Waals surface area contributed by atoms with Gasteiger partial charge in [0.05, 0.1) is 10.0 Å². The Kier molecular flexibility index (Phi) is 4.32. The average molecular weight is 335 g/mol. The van der Waals surface area contributed by atoms with Crippen LogP contribution < -0.4 is 4.90 Å². The van der Waals surface area contributed by atoms with Crippen LogP contribution in [0.2, 0.25) is 15.2 Å². The molecule has 2 saturated heterocycles. The molecule has 3 rings (SSSR count). The van der Waals surface area contributed by atoms with Gasteiger partial charge in [-0.1, -0.05) is 41.2 Å². The summed E-state index contributed by atoms with van der Waals surface area (Å²) in [7, 11) is 0. The number of piperazine rings is 1. The zero-order valence-electron chi connectivity index (χ0n) is 11.5. The molecule has 2 atom stereocenters. The first-order valence-electron chi connectivity index (χ1n) is 7.08. The first-order valence-corrected chi connectivity index (χ1v) is 8.22. The van der Waals surface area contributed by atoms with E-state index in [4.69, 9.17) is 34.8 Å². The Hall–Kier alpha value is -0.220. The highest BCUT2D eigenvalue weighted by Gasteiger charge is 2.34. The predicted octanol–water partition coefficient (Wildman–Crippen LogP) is 4.10. The van der Waals surface area contributed by atoms with Gasteiger partial charge in [-0.15, -0.1) is 0 Å². The Labute approximate surface area is 134 Å². The number of hydrogen-bond donors (Lipinski definition) is 0. The summed E-state index contributed by atoms with van der Waals surface area (Å²) in [6.07, 6.45) is 3.88. The molecule has 0 saturated carbocycles. The summed E-state index contributed by atoms with van der Waals surface area (Å²) < 4.78 is 0. The van der Waals surface area contributed by atoms with Crippen LogP contribution in [0.25, 0.3) is 0 Å². The van der Waals surface area contributed by atoms with Crippen LogP contribution in [0, 0.1) is 0 Å². The summed E-state index contributed by atoms with van der Waals surface area (Å²) >= 11 is 18.3. The quantitative estimate of drug-likeness (QED) is 0.721. The van der Waals surface area contributed by atoms with Crippen LogP contribution in [0.5, 0.6) is 0 Å². The first-order chi connectivity index (χ1) is 9.56. The lowest BCUT2D eigenvalue weighted by Gasteiger charge is -2.48. The molecule has 0 spiro atoms. The van der Waals surface area contributed by atoms with Gasteiger partial charge in [-0.3, -0.25) is 4.90 Å². The number of halogens is 3. The summed E-state index contributed by atoms with van der Waals surface area (Å²) in [5, 5.41) is 1.31. The molecule has 0 aliphatic carbocycles. The third-order valence-corrected chi connectivity index (χ3v) is 5.28. The average Bonchev–Trinajstić information content (AvgIpc) is 2.42. The molecule has 0 N–H and O–H groups in total. The number of hydrogen-bond acceptors (Lipinski definition) is 3. The lowest BCUT2D eigenvalue weighted by atomic mass is 9.97. The van der Waals surface area contributed by atoms with Crippen LogP contribution in [0.15, 0.2) is 6.07 Å². The van der Waals surface area contributed by atoms with Crippen LogP contribution in [0.3, 0.4) is 0 Å². The van der Waals surface area contributed by atoms with Gasteiger partial charge in [-0.25, -0.2) is 4.98 Å². The Balaban J connectivity index is 1.88. The van der Waals surface area contributed by atoms with E-state index in [2.05, 4.69) is 21.7 Å². The molecule has 0 amide bonds. The molecule has 2 unspecified atom stereocenters. The number of fused-ring (bicyclic) bond motifs is 1. The lowest BCUT2D eigenvalue weighted by Crippen LogP contribution is -2.59. The summed E-state index contributed by atoms with van der Waals surface area (Å²) in [5.74, 6) is 0.763. The number of rotatable bonds is 1. The van der Waals surface area contributed by atoms with Gasteiger partial charge in [0, 0.05) is 25.2 Å². The van der Waals surface area contributed by atoms with E-state index in [0.29, 0.717) is 27.3 Å². The molecular formula is C14H18Cl3N3. The van der Waals surface area contributed by atoms with E-state index >= 15 is 0 Å². The van der Waals surface area contributed by atoms with Crippen molar-refractivity contribution in [2.45, 2.75) is 38.3 Å². The van der Waals surface area contributed by atoms with Crippen molar-refractivity contribution in [3.8, 4) is 0 Å². The topological polar surface area (TPSA) is 19.4 Å². The standard InChI is InChI=1S/C14H18Cl3N3/c1-9-7-19-5-3-2-4-10(19)8-20(9)14-12(16)6-11(15)13(17)18-14/h6,9-10H,2-5,7-8H2,1H3. The van der Waals surface area contributed by atoms with Gasteiger partial charge in [0.25, 0.3) is 0 Å². The highest BCUT2D eigenvalue weighted by Crippen LogP contribution is 2.34. The van der Waals surface area contributed by atoms with E-state index in [-0.39, 0.29) is 0 Å². The van der Waals surface area contributed by atoms with Crippen molar-refractivity contribution in [3.63, 3.8) is 0 Å². The Morgan fingerprint density at radius 3 is 2.75 bits per heavy atom. The zero-order valence-corrected chi connectivity index (χ0v) is 13.7. The number of pyridine rings is 1. The molecule has 6 heteroatoms. The molecule has 20 heavy (non-hydrogen) atoms. The van der Waals surface area contributed by atoms with Gasteiger partial charge >= 0.3 is 0 Å². The summed E-state index contributed by atoms with van der Waals surface area (Å²) in [4.78, 5) is 9.26. The van der Waals surface area contributed by atoms with E-state index in [9.17, 15) is 0 Å². The molecule has 2 aliphatic heterocycles. The molecular weight excluding hydrogens is 317 g/mol. The highest BCUT2D eigenvalue weighted by molar-refractivity contribution is 6.42. The smallest absolute Gasteiger partial charge is 0.150 e. The Morgan fingerprint density at radius 1 is 1.15 bits per heavy atom. The third kappa shape index (κ3) is 2.74. The van der Waals surface area contributed by atoms with Gasteiger partial charge in [0.1, 0.15) is 11.0 Å². The second kappa shape index (κ2) is 5.88. The summed E-state index contributed by atoms with van der Waals surface area (Å²) in [5.41, 5.74) is 0. The van der Waals surface area contributed by atoms with E-state index < -0.39 is 0 Å². The Morgan fingerprint density at radius 2 is 1.95 bits per heavy atom. The summed E-state index contributed by atoms with van der Waals surface area (Å²) in [6, 6.07) is 2.67. The number of aromatic nitrogens is 1. The molecule has 2 fully saturated rings. The molecule has 3 nitrogen and oxygen atoms in total. The van der Waals surface area contributed by atoms with Crippen molar-refractivity contribution < 1.29 is 0 Å². The minimum absolute atomic E-state index is 0.323. The fraction of sp³-hybridized carbons (Fsp3) is 0.643. The third-order valence-electron chi connectivity index (χ3n) is 4.33. The monoisotopic (exact) mass is 333 g/mol. The van der Waals surface area contributed by atoms with Crippen molar-refractivity contribution in [1.82, 2.24) is 9.88 Å². The van der Waals surface area contributed by atoms with Crippen LogP contribution in [-0.4, -0.2) is 41.6 Å². The maximum atomic E-state index is 6.31. The molecule has 0 bridgehead atoms. The molecule has 110 valence electrons. The fourth-order valence-electron chi connectivity index (χ4n) is 3.28. The molecule has 1 aromatic heterocycles. The van der Waals surface area contributed by atoms with Crippen LogP contribution in [0.4, 0.5) is 5.82 Å². The Bertz CT molecular complexity index is 509. The maximum absolute atomic E-state index is 6.31. The molecule has 0 aromatic carbocycles. The SMILES string of the molecule is CC1CN2CCCCC2CN1c1nc(Cl)c(Cl)cc1Cl. The van der Waals surface area contributed by atoms with Crippen LogP contribution in [-0.2, 0) is 0 Å². The normalized spacial score (nSPS) is 27.5. The molecule has 1 aromatic rings. The van der Waals surface area contributed by atoms with Crippen molar-refractivity contribution in [1.29, 1.82) is 0 Å². The minimum Gasteiger partial charge on any atom is -0.350 e. The minimum atomic E-state index is 0.323. The van der Waals surface area contributed by atoms with Gasteiger partial charge in [0.2, 0.25) is 0 Å². The predicted molar refractivity (Wildman–Crippen MR) is 85.3 cm³/mol. The molecule has 3 heterocycles. The molecule has 0 radical (unpaired) electrons. The molecule has 2 aliphatic rings. The number of piperidine rings is 1. The largest absolute Gasteiger partial charge is 0.350 e. The van der Waals surface area contributed by atoms with E-state index in [1.54, 1.807) is 6.07 Å². The zero-order chi connectivity index (χ0) is 14.3. The van der Waals surface area contributed by atoms with Gasteiger partial charge in [-0.05, 0) is 32.4 Å². The van der Waals surface area contributed by atoms with Crippen molar-refractivity contribution in [2.75, 3.05) is 24.5 Å². The van der Waals surface area contributed by atoms with Crippen molar-refractivity contribution in [3.05, 3.63) is 21.3 Å². The number of nitrogens with zero attached hydrogens (tertiary/aromatic N) is 3. The van der Waals surface area contributed by atoms with Gasteiger partial charge in [0.15, 0.2) is 0 Å². The summed E-state index contributed by atoms with van der Waals surface area (Å²) in [6.45, 7) is 5.45. The van der Waals surface area contributed by atoms with Crippen molar-refractivity contribution in [2.24, 2.45) is 0 Å². The fourth-order valence-corrected chi connectivity index (χ4v) is 3.89. The highest BCUT2D eigenvalue weighted by atomic mass is 35.5. The van der Waals surface area contributed by atoms with Crippen LogP contribution in [0.1, 0.15) is 26.2 Å². The second-order valence-corrected chi connectivity index (χ2v) is 6.88.